The van der Waals surface area contributed by atoms with Crippen molar-refractivity contribution in [3.8, 4) is 39.6 Å². The van der Waals surface area contributed by atoms with Gasteiger partial charge in [0.1, 0.15) is 5.82 Å². The van der Waals surface area contributed by atoms with Gasteiger partial charge in [0.2, 0.25) is 0 Å². The molecule has 0 aliphatic heterocycles. The van der Waals surface area contributed by atoms with Gasteiger partial charge < -0.3 is 0 Å². The van der Waals surface area contributed by atoms with Gasteiger partial charge in [-0.1, -0.05) is 84.9 Å². The molecule has 2 heterocycles. The van der Waals surface area contributed by atoms with Gasteiger partial charge in [0.05, 0.1) is 22.4 Å². The number of imidazole rings is 1. The van der Waals surface area contributed by atoms with E-state index in [1.54, 1.807) is 0 Å². The SMILES string of the molecule is Cc1cc(-c2ccccc2)nc(-c2ccc(-n3c(-c4ccccc4)nc4ccccc43)cc2)c1. The third-order valence-corrected chi connectivity index (χ3v) is 6.05. The van der Waals surface area contributed by atoms with Gasteiger partial charge in [0.25, 0.3) is 0 Å². The van der Waals surface area contributed by atoms with E-state index >= 15 is 0 Å². The van der Waals surface area contributed by atoms with Gasteiger partial charge in [-0.15, -0.1) is 0 Å². The molecule has 4 aromatic carbocycles. The van der Waals surface area contributed by atoms with Crippen molar-refractivity contribution < 1.29 is 0 Å². The van der Waals surface area contributed by atoms with E-state index in [0.717, 1.165) is 50.6 Å². The minimum Gasteiger partial charge on any atom is -0.292 e. The molecule has 34 heavy (non-hydrogen) atoms. The van der Waals surface area contributed by atoms with Gasteiger partial charge in [-0.05, 0) is 48.9 Å². The van der Waals surface area contributed by atoms with Crippen LogP contribution in [0.3, 0.4) is 0 Å². The predicted octanol–water partition coefficient (Wildman–Crippen LogP) is 7.73. The van der Waals surface area contributed by atoms with E-state index in [0.29, 0.717) is 0 Å². The summed E-state index contributed by atoms with van der Waals surface area (Å²) in [4.78, 5) is 9.91. The summed E-state index contributed by atoms with van der Waals surface area (Å²) in [6.07, 6.45) is 0. The van der Waals surface area contributed by atoms with Crippen LogP contribution in [-0.4, -0.2) is 14.5 Å². The van der Waals surface area contributed by atoms with Crippen LogP contribution >= 0.6 is 0 Å². The zero-order valence-corrected chi connectivity index (χ0v) is 18.9. The molecule has 0 fully saturated rings. The lowest BCUT2D eigenvalue weighted by atomic mass is 10.0. The first-order chi connectivity index (χ1) is 16.8. The van der Waals surface area contributed by atoms with E-state index in [4.69, 9.17) is 9.97 Å². The van der Waals surface area contributed by atoms with Crippen molar-refractivity contribution in [3.05, 3.63) is 127 Å². The molecule has 0 unspecified atom stereocenters. The van der Waals surface area contributed by atoms with Crippen molar-refractivity contribution in [1.29, 1.82) is 0 Å². The molecule has 0 saturated heterocycles. The van der Waals surface area contributed by atoms with Crippen molar-refractivity contribution >= 4 is 11.0 Å². The molecule has 0 N–H and O–H groups in total. The average molecular weight is 438 g/mol. The Morgan fingerprint density at radius 2 is 1.09 bits per heavy atom. The lowest BCUT2D eigenvalue weighted by Crippen LogP contribution is -1.98. The number of benzene rings is 4. The summed E-state index contributed by atoms with van der Waals surface area (Å²) in [6, 6.07) is 41.8. The van der Waals surface area contributed by atoms with E-state index in [1.165, 1.54) is 5.56 Å². The van der Waals surface area contributed by atoms with E-state index in [2.05, 4.69) is 102 Å². The molecule has 0 aliphatic rings. The number of aromatic nitrogens is 3. The Balaban J connectivity index is 1.45. The summed E-state index contributed by atoms with van der Waals surface area (Å²) in [5.41, 5.74) is 9.63. The van der Waals surface area contributed by atoms with Crippen molar-refractivity contribution in [2.75, 3.05) is 0 Å². The zero-order chi connectivity index (χ0) is 22.9. The minimum atomic E-state index is 0.939. The van der Waals surface area contributed by atoms with E-state index in [9.17, 15) is 0 Å². The van der Waals surface area contributed by atoms with Gasteiger partial charge in [-0.3, -0.25) is 4.57 Å². The second-order valence-corrected chi connectivity index (χ2v) is 8.45. The molecule has 0 bridgehead atoms. The van der Waals surface area contributed by atoms with Gasteiger partial charge in [0, 0.05) is 22.4 Å². The highest BCUT2D eigenvalue weighted by molar-refractivity contribution is 5.83. The second kappa shape index (κ2) is 8.45. The van der Waals surface area contributed by atoms with Gasteiger partial charge in [-0.2, -0.15) is 0 Å². The molecule has 2 aromatic heterocycles. The Bertz CT molecular complexity index is 1580. The Kier molecular flexibility index (Phi) is 5.00. The summed E-state index contributed by atoms with van der Waals surface area (Å²) >= 11 is 0. The Labute approximate surface area is 199 Å². The number of hydrogen-bond acceptors (Lipinski definition) is 2. The van der Waals surface area contributed by atoms with Crippen molar-refractivity contribution in [1.82, 2.24) is 14.5 Å². The average Bonchev–Trinajstić information content (AvgIpc) is 3.29. The third kappa shape index (κ3) is 3.67. The summed E-state index contributed by atoms with van der Waals surface area (Å²) in [5, 5.41) is 0. The topological polar surface area (TPSA) is 30.7 Å². The maximum atomic E-state index is 4.96. The molecule has 0 radical (unpaired) electrons. The molecule has 0 atom stereocenters. The van der Waals surface area contributed by atoms with Crippen LogP contribution < -0.4 is 0 Å². The molecule has 0 spiro atoms. The first-order valence-electron chi connectivity index (χ1n) is 11.4. The Morgan fingerprint density at radius 3 is 1.76 bits per heavy atom. The van der Waals surface area contributed by atoms with Crippen LogP contribution in [0.15, 0.2) is 121 Å². The number of aryl methyl sites for hydroxylation is 1. The largest absolute Gasteiger partial charge is 0.292 e. The normalized spacial score (nSPS) is 11.1. The standard InChI is InChI=1S/C31H23N3/c1-22-20-28(23-10-4-2-5-11-23)32-29(21-22)24-16-18-26(19-17-24)34-30-15-9-8-14-27(30)33-31(34)25-12-6-3-7-13-25/h2-21H,1H3. The Hall–Kier alpha value is -4.50. The van der Waals surface area contributed by atoms with Crippen LogP contribution in [0.1, 0.15) is 5.56 Å². The number of para-hydroxylation sites is 2. The molecule has 0 aliphatic carbocycles. The molecule has 0 amide bonds. The predicted molar refractivity (Wildman–Crippen MR) is 140 cm³/mol. The van der Waals surface area contributed by atoms with Crippen LogP contribution in [0.5, 0.6) is 0 Å². The highest BCUT2D eigenvalue weighted by atomic mass is 15.1. The number of nitrogens with zero attached hydrogens (tertiary/aromatic N) is 3. The van der Waals surface area contributed by atoms with Crippen molar-refractivity contribution in [2.45, 2.75) is 6.92 Å². The highest BCUT2D eigenvalue weighted by Crippen LogP contribution is 2.30. The number of hydrogen-bond donors (Lipinski definition) is 0. The fourth-order valence-electron chi connectivity index (χ4n) is 4.42. The number of fused-ring (bicyclic) bond motifs is 1. The molecule has 6 aromatic rings. The summed E-state index contributed by atoms with van der Waals surface area (Å²) in [5.74, 6) is 0.939. The van der Waals surface area contributed by atoms with Crippen LogP contribution in [-0.2, 0) is 0 Å². The fourth-order valence-corrected chi connectivity index (χ4v) is 4.42. The first kappa shape index (κ1) is 20.1. The number of rotatable bonds is 4. The monoisotopic (exact) mass is 437 g/mol. The Morgan fingerprint density at radius 1 is 0.529 bits per heavy atom. The lowest BCUT2D eigenvalue weighted by Gasteiger charge is -2.11. The maximum Gasteiger partial charge on any atom is 0.145 e. The molecule has 6 rings (SSSR count). The molecule has 0 saturated carbocycles. The van der Waals surface area contributed by atoms with E-state index < -0.39 is 0 Å². The minimum absolute atomic E-state index is 0.939. The second-order valence-electron chi connectivity index (χ2n) is 8.45. The van der Waals surface area contributed by atoms with Crippen LogP contribution in [0.25, 0.3) is 50.6 Å². The van der Waals surface area contributed by atoms with E-state index in [1.807, 2.05) is 30.3 Å². The molecule has 3 nitrogen and oxygen atoms in total. The molecule has 162 valence electrons. The number of pyridine rings is 1. The van der Waals surface area contributed by atoms with Gasteiger partial charge >= 0.3 is 0 Å². The zero-order valence-electron chi connectivity index (χ0n) is 18.9. The van der Waals surface area contributed by atoms with Crippen molar-refractivity contribution in [3.63, 3.8) is 0 Å². The van der Waals surface area contributed by atoms with Crippen molar-refractivity contribution in [2.24, 2.45) is 0 Å². The first-order valence-corrected chi connectivity index (χ1v) is 11.4. The molecular formula is C31H23N3. The summed E-state index contributed by atoms with van der Waals surface area (Å²) in [6.45, 7) is 2.12. The summed E-state index contributed by atoms with van der Waals surface area (Å²) in [7, 11) is 0. The lowest BCUT2D eigenvalue weighted by molar-refractivity contribution is 1.10. The van der Waals surface area contributed by atoms with Gasteiger partial charge in [-0.25, -0.2) is 9.97 Å². The summed E-state index contributed by atoms with van der Waals surface area (Å²) < 4.78 is 2.23. The smallest absolute Gasteiger partial charge is 0.145 e. The van der Waals surface area contributed by atoms with Crippen LogP contribution in [0.4, 0.5) is 0 Å². The molecular weight excluding hydrogens is 414 g/mol. The third-order valence-electron chi connectivity index (χ3n) is 6.05. The quantitative estimate of drug-likeness (QED) is 0.282. The van der Waals surface area contributed by atoms with E-state index in [-0.39, 0.29) is 0 Å². The fraction of sp³-hybridized carbons (Fsp3) is 0.0323. The maximum absolute atomic E-state index is 4.96. The highest BCUT2D eigenvalue weighted by Gasteiger charge is 2.14. The van der Waals surface area contributed by atoms with Crippen LogP contribution in [0, 0.1) is 6.92 Å². The van der Waals surface area contributed by atoms with Gasteiger partial charge in [0.15, 0.2) is 0 Å². The molecule has 3 heteroatoms. The van der Waals surface area contributed by atoms with Crippen LogP contribution in [0.2, 0.25) is 0 Å².